The summed E-state index contributed by atoms with van der Waals surface area (Å²) in [5, 5.41) is 3.68. The fourth-order valence-corrected chi connectivity index (χ4v) is 3.72. The third-order valence-electron chi connectivity index (χ3n) is 5.35. The number of pyridine rings is 1. The summed E-state index contributed by atoms with van der Waals surface area (Å²) >= 11 is 0. The third-order valence-corrected chi connectivity index (χ3v) is 5.35. The molecule has 0 spiro atoms. The van der Waals surface area contributed by atoms with Crippen molar-refractivity contribution >= 4 is 28.6 Å². The molecule has 1 saturated heterocycles. The maximum Gasteiger partial charge on any atom is 0.312 e. The van der Waals surface area contributed by atoms with Crippen LogP contribution in [0.1, 0.15) is 30.7 Å². The van der Waals surface area contributed by atoms with Crippen molar-refractivity contribution in [3.8, 4) is 0 Å². The average Bonchev–Trinajstić information content (AvgIpc) is 2.70. The van der Waals surface area contributed by atoms with Crippen LogP contribution >= 0.6 is 0 Å². The number of rotatable bonds is 3. The van der Waals surface area contributed by atoms with E-state index >= 15 is 0 Å². The van der Waals surface area contributed by atoms with E-state index in [1.165, 1.54) is 4.90 Å². The molecule has 7 nitrogen and oxygen atoms in total. The number of carbonyl (C=O) groups is 3. The van der Waals surface area contributed by atoms with Gasteiger partial charge in [0.05, 0.1) is 11.9 Å². The molecule has 3 rings (SSSR count). The van der Waals surface area contributed by atoms with Crippen LogP contribution < -0.4 is 5.32 Å². The Hall–Kier alpha value is -2.96. The van der Waals surface area contributed by atoms with Crippen molar-refractivity contribution in [1.29, 1.82) is 0 Å². The minimum absolute atomic E-state index is 0.0204. The fourth-order valence-electron chi connectivity index (χ4n) is 3.72. The highest BCUT2D eigenvalue weighted by molar-refractivity contribution is 6.35. The number of hydrogen-bond acceptors (Lipinski definition) is 4. The number of piperazine rings is 1. The van der Waals surface area contributed by atoms with Gasteiger partial charge in [-0.05, 0) is 44.9 Å². The molecule has 1 aromatic heterocycles. The average molecular weight is 396 g/mol. The third kappa shape index (κ3) is 4.55. The lowest BCUT2D eigenvalue weighted by atomic mass is 9.99. The standard InChI is InChI=1S/C22H28N4O3/c1-14(2)23-21(28)22(29)26-11-9-25(10-12-26)20(27)13-18-15(3)17-7-5-6-8-19(17)24-16(18)4/h5-8,14H,9-13H2,1-4H3,(H,23,28). The van der Waals surface area contributed by atoms with Gasteiger partial charge >= 0.3 is 11.8 Å². The molecule has 29 heavy (non-hydrogen) atoms. The Morgan fingerprint density at radius 3 is 2.31 bits per heavy atom. The van der Waals surface area contributed by atoms with E-state index < -0.39 is 11.8 Å². The summed E-state index contributed by atoms with van der Waals surface area (Å²) in [6.07, 6.45) is 0.289. The second-order valence-corrected chi connectivity index (χ2v) is 7.80. The second-order valence-electron chi connectivity index (χ2n) is 7.80. The highest BCUT2D eigenvalue weighted by Crippen LogP contribution is 2.23. The Morgan fingerprint density at radius 1 is 1.03 bits per heavy atom. The molecule has 1 N–H and O–H groups in total. The van der Waals surface area contributed by atoms with Crippen molar-refractivity contribution in [2.24, 2.45) is 0 Å². The van der Waals surface area contributed by atoms with E-state index in [9.17, 15) is 14.4 Å². The first kappa shape index (κ1) is 20.8. The minimum Gasteiger partial charge on any atom is -0.346 e. The van der Waals surface area contributed by atoms with Gasteiger partial charge in [0.1, 0.15) is 0 Å². The largest absolute Gasteiger partial charge is 0.346 e. The highest BCUT2D eigenvalue weighted by Gasteiger charge is 2.28. The first-order valence-corrected chi connectivity index (χ1v) is 10.00. The highest BCUT2D eigenvalue weighted by atomic mass is 16.2. The van der Waals surface area contributed by atoms with Crippen molar-refractivity contribution in [3.63, 3.8) is 0 Å². The first-order chi connectivity index (χ1) is 13.8. The number of nitrogens with one attached hydrogen (secondary N) is 1. The zero-order valence-corrected chi connectivity index (χ0v) is 17.5. The molecule has 2 heterocycles. The van der Waals surface area contributed by atoms with E-state index in [0.29, 0.717) is 26.2 Å². The lowest BCUT2D eigenvalue weighted by Gasteiger charge is -2.34. The van der Waals surface area contributed by atoms with Crippen LogP contribution in [0.25, 0.3) is 10.9 Å². The Labute approximate surface area is 171 Å². The van der Waals surface area contributed by atoms with Crippen molar-refractivity contribution in [1.82, 2.24) is 20.1 Å². The molecule has 0 bridgehead atoms. The summed E-state index contributed by atoms with van der Waals surface area (Å²) < 4.78 is 0. The number of benzene rings is 1. The minimum atomic E-state index is -0.590. The van der Waals surface area contributed by atoms with Gasteiger partial charge in [0.15, 0.2) is 0 Å². The molecule has 1 aromatic carbocycles. The van der Waals surface area contributed by atoms with Crippen LogP contribution in [0.3, 0.4) is 0 Å². The Balaban J connectivity index is 1.64. The molecule has 3 amide bonds. The molecule has 0 atom stereocenters. The maximum absolute atomic E-state index is 12.9. The number of carbonyl (C=O) groups excluding carboxylic acids is 3. The predicted molar refractivity (Wildman–Crippen MR) is 111 cm³/mol. The molecule has 0 aliphatic carbocycles. The topological polar surface area (TPSA) is 82.6 Å². The normalized spacial score (nSPS) is 14.4. The number of aromatic nitrogens is 1. The zero-order chi connectivity index (χ0) is 21.1. The molecule has 1 aliphatic heterocycles. The Kier molecular flexibility index (Phi) is 6.15. The molecule has 154 valence electrons. The van der Waals surface area contributed by atoms with Crippen LogP contribution in [-0.4, -0.2) is 64.7 Å². The van der Waals surface area contributed by atoms with E-state index in [1.54, 1.807) is 4.90 Å². The van der Waals surface area contributed by atoms with Crippen LogP contribution in [0.4, 0.5) is 0 Å². The Morgan fingerprint density at radius 2 is 1.66 bits per heavy atom. The van der Waals surface area contributed by atoms with Gasteiger partial charge in [-0.3, -0.25) is 19.4 Å². The van der Waals surface area contributed by atoms with E-state index in [4.69, 9.17) is 0 Å². The number of aryl methyl sites for hydroxylation is 2. The molecule has 0 radical (unpaired) electrons. The maximum atomic E-state index is 12.9. The molecular formula is C22H28N4O3. The molecular weight excluding hydrogens is 368 g/mol. The Bertz CT molecular complexity index is 946. The summed E-state index contributed by atoms with van der Waals surface area (Å²) in [6, 6.07) is 7.85. The van der Waals surface area contributed by atoms with Gasteiger partial charge in [-0.15, -0.1) is 0 Å². The second kappa shape index (κ2) is 8.59. The molecule has 2 aromatic rings. The summed E-state index contributed by atoms with van der Waals surface area (Å²) in [5.74, 6) is -1.10. The number of hydrogen-bond donors (Lipinski definition) is 1. The van der Waals surface area contributed by atoms with Crippen molar-refractivity contribution in [3.05, 3.63) is 41.1 Å². The predicted octanol–water partition coefficient (Wildman–Crippen LogP) is 1.59. The van der Waals surface area contributed by atoms with Gasteiger partial charge in [-0.2, -0.15) is 0 Å². The van der Waals surface area contributed by atoms with E-state index in [-0.39, 0.29) is 18.4 Å². The van der Waals surface area contributed by atoms with E-state index in [0.717, 1.165) is 27.7 Å². The van der Waals surface area contributed by atoms with Gasteiger partial charge in [-0.1, -0.05) is 18.2 Å². The summed E-state index contributed by atoms with van der Waals surface area (Å²) in [7, 11) is 0. The summed E-state index contributed by atoms with van der Waals surface area (Å²) in [6.45, 7) is 9.18. The van der Waals surface area contributed by atoms with Gasteiger partial charge in [-0.25, -0.2) is 0 Å². The molecule has 0 saturated carbocycles. The van der Waals surface area contributed by atoms with Crippen LogP contribution in [-0.2, 0) is 20.8 Å². The zero-order valence-electron chi connectivity index (χ0n) is 17.5. The quantitative estimate of drug-likeness (QED) is 0.799. The first-order valence-electron chi connectivity index (χ1n) is 10.00. The summed E-state index contributed by atoms with van der Waals surface area (Å²) in [5.41, 5.74) is 3.85. The van der Waals surface area contributed by atoms with Crippen LogP contribution in [0.2, 0.25) is 0 Å². The van der Waals surface area contributed by atoms with Gasteiger partial charge in [0.2, 0.25) is 5.91 Å². The van der Waals surface area contributed by atoms with E-state index in [1.807, 2.05) is 52.0 Å². The van der Waals surface area contributed by atoms with Gasteiger partial charge in [0, 0.05) is 43.3 Å². The van der Waals surface area contributed by atoms with Gasteiger partial charge in [0.25, 0.3) is 0 Å². The molecule has 0 unspecified atom stereocenters. The SMILES string of the molecule is Cc1nc2ccccc2c(C)c1CC(=O)N1CCN(C(=O)C(=O)NC(C)C)CC1. The number of fused-ring (bicyclic) bond motifs is 1. The smallest absolute Gasteiger partial charge is 0.312 e. The molecule has 1 fully saturated rings. The fraction of sp³-hybridized carbons (Fsp3) is 0.455. The molecule has 1 aliphatic rings. The van der Waals surface area contributed by atoms with Crippen molar-refractivity contribution < 1.29 is 14.4 Å². The van der Waals surface area contributed by atoms with E-state index in [2.05, 4.69) is 10.3 Å². The van der Waals surface area contributed by atoms with Crippen molar-refractivity contribution in [2.75, 3.05) is 26.2 Å². The van der Waals surface area contributed by atoms with Crippen LogP contribution in [0.15, 0.2) is 24.3 Å². The van der Waals surface area contributed by atoms with Crippen LogP contribution in [0, 0.1) is 13.8 Å². The monoisotopic (exact) mass is 396 g/mol. The lowest BCUT2D eigenvalue weighted by molar-refractivity contribution is -0.148. The number of amides is 3. The van der Waals surface area contributed by atoms with Crippen molar-refractivity contribution in [2.45, 2.75) is 40.2 Å². The number of nitrogens with zero attached hydrogens (tertiary/aromatic N) is 3. The summed E-state index contributed by atoms with van der Waals surface area (Å²) in [4.78, 5) is 44.9. The lowest BCUT2D eigenvalue weighted by Crippen LogP contribution is -2.54. The van der Waals surface area contributed by atoms with Gasteiger partial charge < -0.3 is 15.1 Å². The van der Waals surface area contributed by atoms with Crippen LogP contribution in [0.5, 0.6) is 0 Å². The number of para-hydroxylation sites is 1. The molecule has 7 heteroatoms.